The maximum atomic E-state index is 14.8. The van der Waals surface area contributed by atoms with Crippen LogP contribution in [0.4, 0.5) is 0 Å². The quantitative estimate of drug-likeness (QED) is 0.00800. The summed E-state index contributed by atoms with van der Waals surface area (Å²) < 4.78 is 105. The van der Waals surface area contributed by atoms with Gasteiger partial charge in [0.1, 0.15) is 56.4 Å². The molecule has 0 radical (unpaired) electrons. The molecular weight excluding hydrogens is 1420 g/mol. The predicted octanol–water partition coefficient (Wildman–Crippen LogP) is 11.8. The van der Waals surface area contributed by atoms with E-state index in [0.29, 0.717) is 11.1 Å². The van der Waals surface area contributed by atoms with E-state index in [4.69, 9.17) is 75.8 Å². The Morgan fingerprint density at radius 2 is 0.755 bits per heavy atom. The maximum Gasteiger partial charge on any atom is 0.380 e. The Labute approximate surface area is 635 Å². The Kier molecular flexibility index (Phi) is 28.2. The van der Waals surface area contributed by atoms with Gasteiger partial charge < -0.3 is 75.8 Å². The molecule has 5 fully saturated rings. The van der Waals surface area contributed by atoms with Crippen LogP contribution in [0.2, 0.25) is 0 Å². The summed E-state index contributed by atoms with van der Waals surface area (Å²) in [6.45, 7) is 12.9. The van der Waals surface area contributed by atoms with Gasteiger partial charge in [-0.25, -0.2) is 24.0 Å². The second-order valence-electron chi connectivity index (χ2n) is 28.0. The van der Waals surface area contributed by atoms with Gasteiger partial charge in [-0.1, -0.05) is 197 Å². The van der Waals surface area contributed by atoms with Crippen molar-refractivity contribution in [1.82, 2.24) is 0 Å². The topological polar surface area (TPSA) is 365 Å². The van der Waals surface area contributed by atoms with E-state index in [1.165, 1.54) is 43.5 Å². The molecule has 29 nitrogen and oxygen atoms in total. The van der Waals surface area contributed by atoms with Crippen molar-refractivity contribution in [2.24, 2.45) is 45.7 Å². The minimum absolute atomic E-state index is 0.0648. The summed E-state index contributed by atoms with van der Waals surface area (Å²) in [6, 6.07) is 46.4. The third kappa shape index (κ3) is 19.5. The average molecular weight is 1520 g/mol. The van der Waals surface area contributed by atoms with Crippen molar-refractivity contribution in [3.05, 3.63) is 236 Å². The molecule has 6 aromatic rings. The monoisotopic (exact) mass is 1510 g/mol. The van der Waals surface area contributed by atoms with Crippen molar-refractivity contribution < 1.29 is 109 Å². The van der Waals surface area contributed by atoms with E-state index in [1.54, 1.807) is 143 Å². The predicted molar refractivity (Wildman–Crippen MR) is 389 cm³/mol. The number of carbonyl (C=O) groups is 7. The number of benzene rings is 6. The standard InChI is InChI=1S/C81H90N6O23/c1-44-45(2)61(84-86-82)78(102-58(44)41-99-75(93)63(88)53-30-18-11-19-31-53)107-65-48(5)68(96-40-52-28-16-10-17-29-52)80(100-50(65)7)110-70-60(43-98-73(91)56-36-24-14-25-37-56)104-79(62(85-87-83)71(70)106-76(94)64(89)54-32-20-12-21-33-54)108-66-49(6)69(105-74(92)57-38-26-15-27-39-57)81(101-51(66)8)109-67-46(3)47(4)77(95-9)103-59(67)42-97-72(90)55-34-22-13-23-35-55/h10-39,44-51,58-62,65-71,77-81H,40-43H2,1-9H3/t44-,45-,46+,47?,48-,49-,50?,51?,58?,59?,60?,61?,62-,65-,66-,67-,68-,69?,70+,71+,77-,78-,79?,80?,81-/m0/s1. The molecule has 0 saturated carbocycles. The van der Waals surface area contributed by atoms with E-state index in [-0.39, 0.29) is 53.9 Å². The van der Waals surface area contributed by atoms with Crippen LogP contribution in [0.15, 0.2) is 192 Å². The van der Waals surface area contributed by atoms with Crippen molar-refractivity contribution in [2.45, 2.75) is 179 Å². The lowest BCUT2D eigenvalue weighted by Crippen LogP contribution is -2.66. The molecule has 25 atom stereocenters. The van der Waals surface area contributed by atoms with Crippen molar-refractivity contribution >= 4 is 41.4 Å². The molecule has 5 saturated heterocycles. The highest BCUT2D eigenvalue weighted by molar-refractivity contribution is 6.41. The summed E-state index contributed by atoms with van der Waals surface area (Å²) >= 11 is 0. The number of methoxy groups -OCH3 is 1. The number of esters is 5. The lowest BCUT2D eigenvalue weighted by atomic mass is 9.82. The average Bonchev–Trinajstić information content (AvgIpc) is 0.768. The number of carbonyl (C=O) groups excluding carboxylic acids is 7. The van der Waals surface area contributed by atoms with Crippen LogP contribution in [0.25, 0.3) is 20.9 Å². The molecule has 5 heterocycles. The minimum Gasteiger partial charge on any atom is -0.459 e. The number of hydrogen-bond donors (Lipinski definition) is 0. The van der Waals surface area contributed by atoms with Crippen LogP contribution in [0.3, 0.4) is 0 Å². The van der Waals surface area contributed by atoms with Gasteiger partial charge >= 0.3 is 29.8 Å². The fraction of sp³-hybridized carbons (Fsp3) is 0.469. The first-order valence-corrected chi connectivity index (χ1v) is 36.6. The Morgan fingerprint density at radius 3 is 1.26 bits per heavy atom. The van der Waals surface area contributed by atoms with E-state index in [9.17, 15) is 44.6 Å². The van der Waals surface area contributed by atoms with E-state index in [2.05, 4.69) is 20.1 Å². The van der Waals surface area contributed by atoms with Gasteiger partial charge in [0.25, 0.3) is 11.6 Å². The van der Waals surface area contributed by atoms with Crippen LogP contribution in [-0.2, 0) is 92.0 Å². The summed E-state index contributed by atoms with van der Waals surface area (Å²) in [5.74, 6) is -10.1. The fourth-order valence-electron chi connectivity index (χ4n) is 14.4. The van der Waals surface area contributed by atoms with Gasteiger partial charge in [0.05, 0.1) is 66.0 Å². The number of rotatable bonds is 29. The van der Waals surface area contributed by atoms with Crippen LogP contribution in [0.1, 0.15) is 113 Å². The molecule has 110 heavy (non-hydrogen) atoms. The number of nitrogens with zero attached hydrogens (tertiary/aromatic N) is 6. The van der Waals surface area contributed by atoms with Crippen molar-refractivity contribution in [2.75, 3.05) is 26.9 Å². The third-order valence-corrected chi connectivity index (χ3v) is 21.0. The maximum absolute atomic E-state index is 14.8. The number of Topliss-reactive ketones (excluding diaryl/α,β-unsaturated/α-hetero) is 2. The molecule has 29 heteroatoms. The zero-order chi connectivity index (χ0) is 78.1. The molecule has 0 aromatic heterocycles. The largest absolute Gasteiger partial charge is 0.459 e. The van der Waals surface area contributed by atoms with Gasteiger partial charge in [0.15, 0.2) is 37.6 Å². The van der Waals surface area contributed by atoms with Gasteiger partial charge in [0, 0.05) is 45.8 Å². The fourth-order valence-corrected chi connectivity index (χ4v) is 14.4. The summed E-state index contributed by atoms with van der Waals surface area (Å²) in [6.07, 6.45) is -21.7. The molecule has 10 unspecified atom stereocenters. The molecule has 11 rings (SSSR count). The number of azide groups is 2. The van der Waals surface area contributed by atoms with Gasteiger partial charge in [0.2, 0.25) is 0 Å². The van der Waals surface area contributed by atoms with Crippen LogP contribution in [0.5, 0.6) is 0 Å². The Morgan fingerprint density at radius 1 is 0.355 bits per heavy atom. The van der Waals surface area contributed by atoms with Gasteiger partial charge in [-0.3, -0.25) is 9.59 Å². The zero-order valence-electron chi connectivity index (χ0n) is 62.2. The van der Waals surface area contributed by atoms with Crippen LogP contribution >= 0.6 is 0 Å². The highest BCUT2D eigenvalue weighted by atomic mass is 16.8. The summed E-state index contributed by atoms with van der Waals surface area (Å²) in [5, 5.41) is 8.33. The molecule has 6 aromatic carbocycles. The summed E-state index contributed by atoms with van der Waals surface area (Å²) in [7, 11) is 1.50. The first-order valence-electron chi connectivity index (χ1n) is 36.6. The normalized spacial score (nSPS) is 32.0. The Balaban J connectivity index is 0.936. The highest BCUT2D eigenvalue weighted by Crippen LogP contribution is 2.43. The Hall–Kier alpha value is -9.81. The number of hydrogen-bond acceptors (Lipinski definition) is 25. The molecule has 0 bridgehead atoms. The molecule has 0 N–H and O–H groups in total. The van der Waals surface area contributed by atoms with Gasteiger partial charge in [-0.15, -0.1) is 0 Å². The van der Waals surface area contributed by atoms with Gasteiger partial charge in [-0.2, -0.15) is 0 Å². The molecule has 0 aliphatic carbocycles. The van der Waals surface area contributed by atoms with Crippen LogP contribution in [0, 0.1) is 35.5 Å². The van der Waals surface area contributed by atoms with Crippen molar-refractivity contribution in [1.29, 1.82) is 0 Å². The zero-order valence-corrected chi connectivity index (χ0v) is 62.2. The van der Waals surface area contributed by atoms with Gasteiger partial charge in [-0.05, 0) is 84.6 Å². The van der Waals surface area contributed by atoms with E-state index in [1.807, 2.05) is 58.0 Å². The SMILES string of the molecule is CO[C@H]1OC(COC(=O)c2ccccc2)[C@@H](O[C@@H]2OC(C)[C@@H](OC3OC(COC(=O)c4ccccc4)[C@@H](OC4OC(C)[C@@H](O[C@@H]5OC(COC(=O)C(=O)c6ccccc6)[C@@H](C)[C@H](C)C5N=[N+]=[N-])[C@H](C)[C@@H]4OCc4ccccc4)[C@H](OC(=O)C(=O)c4ccccc4)[C@@H]3N=[N+]=[N-])[C@H](C)C2OC(=O)c2ccccc2)[C@H](C)C1C. The van der Waals surface area contributed by atoms with Crippen LogP contribution in [-0.4, -0.2) is 185 Å². The lowest BCUT2D eigenvalue weighted by molar-refractivity contribution is -0.371. The Bertz CT molecular complexity index is 4170. The van der Waals surface area contributed by atoms with E-state index >= 15 is 0 Å². The minimum atomic E-state index is -1.92. The van der Waals surface area contributed by atoms with E-state index < -0.39 is 188 Å². The lowest BCUT2D eigenvalue weighted by Gasteiger charge is -2.51. The van der Waals surface area contributed by atoms with Crippen molar-refractivity contribution in [3.63, 3.8) is 0 Å². The smallest absolute Gasteiger partial charge is 0.380 e. The third-order valence-electron chi connectivity index (χ3n) is 21.0. The molecule has 582 valence electrons. The number of ketones is 2. The van der Waals surface area contributed by atoms with Crippen LogP contribution < -0.4 is 0 Å². The molecule has 5 aliphatic heterocycles. The summed E-state index contributed by atoms with van der Waals surface area (Å²) in [4.78, 5) is 104. The highest BCUT2D eigenvalue weighted by Gasteiger charge is 2.58. The molecule has 0 spiro atoms. The second kappa shape index (κ2) is 38.2. The van der Waals surface area contributed by atoms with Crippen molar-refractivity contribution in [3.8, 4) is 0 Å². The number of ether oxygens (including phenoxy) is 16. The molecule has 0 amide bonds. The summed E-state index contributed by atoms with van der Waals surface area (Å²) in [5.41, 5.74) is 22.1. The second-order valence-corrected chi connectivity index (χ2v) is 28.0. The van der Waals surface area contributed by atoms with E-state index in [0.717, 1.165) is 0 Å². The first kappa shape index (κ1) is 81.2. The molecule has 5 aliphatic rings. The molecular formula is C81H90N6O23. The first-order chi connectivity index (χ1) is 53.2.